The summed E-state index contributed by atoms with van der Waals surface area (Å²) in [5.41, 5.74) is 0. The van der Waals surface area contributed by atoms with E-state index in [-0.39, 0.29) is 5.91 Å². The molecule has 1 aliphatic heterocycles. The first-order valence-electron chi connectivity index (χ1n) is 6.16. The lowest BCUT2D eigenvalue weighted by molar-refractivity contribution is -0.121. The molecule has 2 rings (SSSR count). The molecule has 0 saturated carbocycles. The number of nitrogens with one attached hydrogen (secondary N) is 2. The van der Waals surface area contributed by atoms with Crippen LogP contribution in [0, 0.1) is 5.92 Å². The lowest BCUT2D eigenvalue weighted by Crippen LogP contribution is -2.27. The van der Waals surface area contributed by atoms with Crippen molar-refractivity contribution in [3.8, 4) is 0 Å². The summed E-state index contributed by atoms with van der Waals surface area (Å²) in [4.78, 5) is 11.6. The topological polar surface area (TPSA) is 71.8 Å². The van der Waals surface area contributed by atoms with E-state index >= 15 is 0 Å². The molecule has 2 heterocycles. The number of hydrogen-bond donors (Lipinski definition) is 2. The fourth-order valence-electron chi connectivity index (χ4n) is 2.05. The largest absolute Gasteiger partial charge is 0.354 e. The van der Waals surface area contributed by atoms with Crippen molar-refractivity contribution in [2.24, 2.45) is 5.92 Å². The van der Waals surface area contributed by atoms with Gasteiger partial charge in [0.05, 0.1) is 12.7 Å². The summed E-state index contributed by atoms with van der Waals surface area (Å²) in [6.45, 7) is 3.45. The molecular formula is C11H19N5O. The summed E-state index contributed by atoms with van der Waals surface area (Å²) < 4.78 is 1.71. The molecule has 1 amide bonds. The van der Waals surface area contributed by atoms with Crippen LogP contribution >= 0.6 is 0 Å². The van der Waals surface area contributed by atoms with E-state index in [2.05, 4.69) is 20.9 Å². The molecule has 1 aliphatic rings. The van der Waals surface area contributed by atoms with Crippen molar-refractivity contribution in [1.29, 1.82) is 0 Å². The van der Waals surface area contributed by atoms with Gasteiger partial charge in [-0.15, -0.1) is 5.10 Å². The Morgan fingerprint density at radius 2 is 2.53 bits per heavy atom. The Bertz CT molecular complexity index is 332. The zero-order valence-electron chi connectivity index (χ0n) is 9.93. The van der Waals surface area contributed by atoms with Gasteiger partial charge < -0.3 is 10.6 Å². The van der Waals surface area contributed by atoms with Crippen LogP contribution in [-0.4, -0.2) is 40.5 Å². The van der Waals surface area contributed by atoms with Crippen molar-refractivity contribution in [1.82, 2.24) is 25.6 Å². The number of rotatable bonds is 6. The minimum Gasteiger partial charge on any atom is -0.354 e. The highest BCUT2D eigenvalue weighted by atomic mass is 16.1. The van der Waals surface area contributed by atoms with Gasteiger partial charge in [-0.25, -0.2) is 0 Å². The maximum atomic E-state index is 11.6. The Morgan fingerprint density at radius 3 is 3.24 bits per heavy atom. The number of carbonyl (C=O) groups excluding carboxylic acids is 1. The second kappa shape index (κ2) is 6.34. The third-order valence-electron chi connectivity index (χ3n) is 3.08. The minimum atomic E-state index is 0.136. The fraction of sp³-hybridized carbons (Fsp3) is 0.727. The summed E-state index contributed by atoms with van der Waals surface area (Å²) in [7, 11) is 0. The van der Waals surface area contributed by atoms with E-state index in [0.717, 1.165) is 19.5 Å². The van der Waals surface area contributed by atoms with Gasteiger partial charge in [0.1, 0.15) is 0 Å². The van der Waals surface area contributed by atoms with Crippen molar-refractivity contribution in [2.75, 3.05) is 19.6 Å². The molecule has 1 atom stereocenters. The second-order valence-electron chi connectivity index (χ2n) is 4.41. The number of nitrogens with zero attached hydrogens (tertiary/aromatic N) is 3. The van der Waals surface area contributed by atoms with Crippen LogP contribution in [0.1, 0.15) is 19.3 Å². The van der Waals surface area contributed by atoms with Gasteiger partial charge in [-0.2, -0.15) is 0 Å². The molecule has 0 aliphatic carbocycles. The first kappa shape index (κ1) is 12.0. The molecule has 17 heavy (non-hydrogen) atoms. The standard InChI is InChI=1S/C11H19N5O/c17-11(2-1-10-3-4-12-9-10)13-5-7-16-8-6-14-15-16/h6,8,10,12H,1-5,7,9H2,(H,13,17). The molecule has 6 heteroatoms. The van der Waals surface area contributed by atoms with Gasteiger partial charge in [0, 0.05) is 19.2 Å². The van der Waals surface area contributed by atoms with Gasteiger partial charge in [0.2, 0.25) is 5.91 Å². The van der Waals surface area contributed by atoms with Crippen LogP contribution in [0.5, 0.6) is 0 Å². The molecule has 0 radical (unpaired) electrons. The van der Waals surface area contributed by atoms with Gasteiger partial charge in [-0.3, -0.25) is 9.48 Å². The normalized spacial score (nSPS) is 19.4. The van der Waals surface area contributed by atoms with Gasteiger partial charge in [-0.05, 0) is 31.8 Å². The van der Waals surface area contributed by atoms with Crippen LogP contribution in [0.15, 0.2) is 12.4 Å². The molecule has 94 valence electrons. The third-order valence-corrected chi connectivity index (χ3v) is 3.08. The van der Waals surface area contributed by atoms with Crippen molar-refractivity contribution < 1.29 is 4.79 Å². The van der Waals surface area contributed by atoms with Gasteiger partial charge in [0.25, 0.3) is 0 Å². The summed E-state index contributed by atoms with van der Waals surface area (Å²) >= 11 is 0. The highest BCUT2D eigenvalue weighted by Gasteiger charge is 2.15. The van der Waals surface area contributed by atoms with E-state index in [1.54, 1.807) is 17.1 Å². The molecule has 1 saturated heterocycles. The molecule has 1 fully saturated rings. The van der Waals surface area contributed by atoms with Gasteiger partial charge in [-0.1, -0.05) is 5.21 Å². The molecule has 1 unspecified atom stereocenters. The predicted molar refractivity (Wildman–Crippen MR) is 63.2 cm³/mol. The Kier molecular flexibility index (Phi) is 4.49. The maximum Gasteiger partial charge on any atom is 0.220 e. The smallest absolute Gasteiger partial charge is 0.220 e. The highest BCUT2D eigenvalue weighted by Crippen LogP contribution is 2.13. The SMILES string of the molecule is O=C(CCC1CCNC1)NCCn1ccnn1. The van der Waals surface area contributed by atoms with Crippen LogP contribution in [-0.2, 0) is 11.3 Å². The predicted octanol–water partition coefficient (Wildman–Crippen LogP) is -0.216. The lowest BCUT2D eigenvalue weighted by Gasteiger charge is -2.08. The van der Waals surface area contributed by atoms with Crippen LogP contribution < -0.4 is 10.6 Å². The number of aromatic nitrogens is 3. The van der Waals surface area contributed by atoms with Crippen molar-refractivity contribution in [2.45, 2.75) is 25.8 Å². The van der Waals surface area contributed by atoms with E-state index in [4.69, 9.17) is 0 Å². The third kappa shape index (κ3) is 4.14. The Balaban J connectivity index is 1.54. The number of carbonyl (C=O) groups is 1. The maximum absolute atomic E-state index is 11.6. The summed E-state index contributed by atoms with van der Waals surface area (Å²) in [5.74, 6) is 0.813. The average Bonchev–Trinajstić information content (AvgIpc) is 2.99. The molecule has 0 bridgehead atoms. The van der Waals surface area contributed by atoms with Gasteiger partial charge in [0.15, 0.2) is 0 Å². The number of amides is 1. The summed E-state index contributed by atoms with van der Waals surface area (Å²) in [6.07, 6.45) is 6.24. The highest BCUT2D eigenvalue weighted by molar-refractivity contribution is 5.75. The number of hydrogen-bond acceptors (Lipinski definition) is 4. The monoisotopic (exact) mass is 237 g/mol. The van der Waals surface area contributed by atoms with E-state index in [1.807, 2.05) is 0 Å². The Morgan fingerprint density at radius 1 is 1.59 bits per heavy atom. The van der Waals surface area contributed by atoms with Crippen LogP contribution in [0.2, 0.25) is 0 Å². The van der Waals surface area contributed by atoms with E-state index in [0.29, 0.717) is 25.4 Å². The fourth-order valence-corrected chi connectivity index (χ4v) is 2.05. The minimum absolute atomic E-state index is 0.136. The van der Waals surface area contributed by atoms with Crippen LogP contribution in [0.3, 0.4) is 0 Å². The lowest BCUT2D eigenvalue weighted by atomic mass is 10.0. The molecule has 0 spiro atoms. The zero-order chi connectivity index (χ0) is 11.9. The Labute approximate surface area is 101 Å². The van der Waals surface area contributed by atoms with E-state index < -0.39 is 0 Å². The zero-order valence-corrected chi connectivity index (χ0v) is 9.93. The first-order chi connectivity index (χ1) is 8.34. The molecule has 1 aromatic rings. The summed E-state index contributed by atoms with van der Waals surface area (Å²) in [5, 5.41) is 13.7. The van der Waals surface area contributed by atoms with Crippen molar-refractivity contribution >= 4 is 5.91 Å². The second-order valence-corrected chi connectivity index (χ2v) is 4.41. The molecule has 2 N–H and O–H groups in total. The summed E-state index contributed by atoms with van der Waals surface area (Å²) in [6, 6.07) is 0. The Hall–Kier alpha value is -1.43. The van der Waals surface area contributed by atoms with E-state index in [1.165, 1.54) is 6.42 Å². The molecule has 0 aromatic carbocycles. The van der Waals surface area contributed by atoms with Crippen molar-refractivity contribution in [3.63, 3.8) is 0 Å². The average molecular weight is 237 g/mol. The van der Waals surface area contributed by atoms with Gasteiger partial charge >= 0.3 is 0 Å². The quantitative estimate of drug-likeness (QED) is 0.718. The first-order valence-corrected chi connectivity index (χ1v) is 6.16. The van der Waals surface area contributed by atoms with Crippen molar-refractivity contribution in [3.05, 3.63) is 12.4 Å². The van der Waals surface area contributed by atoms with Crippen LogP contribution in [0.4, 0.5) is 0 Å². The van der Waals surface area contributed by atoms with Crippen LogP contribution in [0.25, 0.3) is 0 Å². The molecular weight excluding hydrogens is 218 g/mol. The molecule has 1 aromatic heterocycles. The molecule has 6 nitrogen and oxygen atoms in total. The van der Waals surface area contributed by atoms with E-state index in [9.17, 15) is 4.79 Å².